The molecule has 0 spiro atoms. The van der Waals surface area contributed by atoms with Crippen LogP contribution in [0.25, 0.3) is 0 Å². The van der Waals surface area contributed by atoms with Gasteiger partial charge >= 0.3 is 0 Å². The highest BCUT2D eigenvalue weighted by Crippen LogP contribution is 2.20. The third-order valence-corrected chi connectivity index (χ3v) is 3.63. The van der Waals surface area contributed by atoms with Gasteiger partial charge in [-0.05, 0) is 38.8 Å². The van der Waals surface area contributed by atoms with E-state index in [2.05, 4.69) is 24.0 Å². The Hall–Kier alpha value is -1.06. The van der Waals surface area contributed by atoms with Crippen LogP contribution in [0.5, 0.6) is 5.75 Å². The molecule has 1 N–H and O–H groups in total. The fourth-order valence-corrected chi connectivity index (χ4v) is 2.19. The molecule has 0 aromatic heterocycles. The molecular weight excluding hydrogens is 226 g/mol. The number of likely N-dealkylation sites (tertiary alicyclic amines) is 1. The van der Waals surface area contributed by atoms with Crippen molar-refractivity contribution in [1.82, 2.24) is 4.90 Å². The topological polar surface area (TPSA) is 32.7 Å². The molecule has 18 heavy (non-hydrogen) atoms. The molecule has 0 atom stereocenters. The lowest BCUT2D eigenvalue weighted by atomic mass is 9.94. The molecule has 3 heteroatoms. The van der Waals surface area contributed by atoms with Crippen molar-refractivity contribution in [2.45, 2.75) is 32.3 Å². The maximum absolute atomic E-state index is 9.86. The Bertz CT molecular complexity index is 363. The first kappa shape index (κ1) is 13.4. The number of piperidine rings is 1. The number of benzene rings is 1. The number of hydrogen-bond acceptors (Lipinski definition) is 3. The molecule has 0 amide bonds. The molecule has 0 bridgehead atoms. The molecular formula is C15H23NO2. The van der Waals surface area contributed by atoms with Crippen molar-refractivity contribution >= 4 is 0 Å². The third kappa shape index (κ3) is 4.00. The molecule has 1 aliphatic heterocycles. The van der Waals surface area contributed by atoms with Crippen LogP contribution in [-0.4, -0.2) is 41.8 Å². The Morgan fingerprint density at radius 1 is 1.22 bits per heavy atom. The van der Waals surface area contributed by atoms with Crippen LogP contribution in [0.3, 0.4) is 0 Å². The molecule has 1 saturated heterocycles. The van der Waals surface area contributed by atoms with Crippen molar-refractivity contribution in [3.05, 3.63) is 29.8 Å². The zero-order valence-electron chi connectivity index (χ0n) is 11.4. The Morgan fingerprint density at radius 3 is 2.44 bits per heavy atom. The van der Waals surface area contributed by atoms with Crippen molar-refractivity contribution in [2.75, 3.05) is 26.2 Å². The molecule has 1 aromatic rings. The molecule has 0 aliphatic carbocycles. The Morgan fingerprint density at radius 2 is 1.83 bits per heavy atom. The normalized spacial score (nSPS) is 19.7. The summed E-state index contributed by atoms with van der Waals surface area (Å²) >= 11 is 0. The lowest BCUT2D eigenvalue weighted by Crippen LogP contribution is -2.43. The standard InChI is InChI=1S/C15H23NO2/c1-13-3-5-14(6-4-13)18-12-11-16-9-7-15(2,17)8-10-16/h3-6,17H,7-12H2,1-2H3. The second-order valence-corrected chi connectivity index (χ2v) is 5.50. The van der Waals surface area contributed by atoms with Gasteiger partial charge in [-0.1, -0.05) is 17.7 Å². The first-order chi connectivity index (χ1) is 8.55. The van der Waals surface area contributed by atoms with E-state index in [9.17, 15) is 5.11 Å². The van der Waals surface area contributed by atoms with Gasteiger partial charge in [0.2, 0.25) is 0 Å². The molecule has 1 heterocycles. The summed E-state index contributed by atoms with van der Waals surface area (Å²) in [7, 11) is 0. The van der Waals surface area contributed by atoms with E-state index in [1.54, 1.807) is 0 Å². The van der Waals surface area contributed by atoms with Crippen molar-refractivity contribution in [2.24, 2.45) is 0 Å². The maximum Gasteiger partial charge on any atom is 0.119 e. The summed E-state index contributed by atoms with van der Waals surface area (Å²) in [6.45, 7) is 7.57. The molecule has 3 nitrogen and oxygen atoms in total. The highest BCUT2D eigenvalue weighted by molar-refractivity contribution is 5.26. The van der Waals surface area contributed by atoms with Crippen LogP contribution < -0.4 is 4.74 Å². The number of aliphatic hydroxyl groups is 1. The average Bonchev–Trinajstić information content (AvgIpc) is 2.34. The van der Waals surface area contributed by atoms with Gasteiger partial charge in [-0.3, -0.25) is 4.90 Å². The smallest absolute Gasteiger partial charge is 0.119 e. The highest BCUT2D eigenvalue weighted by Gasteiger charge is 2.26. The summed E-state index contributed by atoms with van der Waals surface area (Å²) in [5.74, 6) is 0.935. The van der Waals surface area contributed by atoms with Gasteiger partial charge in [0.15, 0.2) is 0 Å². The van der Waals surface area contributed by atoms with Crippen molar-refractivity contribution in [1.29, 1.82) is 0 Å². The van der Waals surface area contributed by atoms with Gasteiger partial charge in [-0.25, -0.2) is 0 Å². The average molecular weight is 249 g/mol. The Kier molecular flexibility index (Phi) is 4.25. The second-order valence-electron chi connectivity index (χ2n) is 5.50. The van der Waals surface area contributed by atoms with Gasteiger partial charge in [0.25, 0.3) is 0 Å². The minimum Gasteiger partial charge on any atom is -0.492 e. The minimum absolute atomic E-state index is 0.464. The first-order valence-corrected chi connectivity index (χ1v) is 6.69. The van der Waals surface area contributed by atoms with Crippen molar-refractivity contribution in [3.8, 4) is 5.75 Å². The van der Waals surface area contributed by atoms with E-state index in [4.69, 9.17) is 4.74 Å². The summed E-state index contributed by atoms with van der Waals surface area (Å²) in [6.07, 6.45) is 1.72. The summed E-state index contributed by atoms with van der Waals surface area (Å²) < 4.78 is 5.71. The van der Waals surface area contributed by atoms with E-state index in [0.29, 0.717) is 6.61 Å². The fourth-order valence-electron chi connectivity index (χ4n) is 2.19. The Balaban J connectivity index is 1.68. The maximum atomic E-state index is 9.86. The predicted octanol–water partition coefficient (Wildman–Crippen LogP) is 2.22. The number of rotatable bonds is 4. The molecule has 1 aliphatic rings. The first-order valence-electron chi connectivity index (χ1n) is 6.69. The third-order valence-electron chi connectivity index (χ3n) is 3.63. The summed E-state index contributed by atoms with van der Waals surface area (Å²) in [5.41, 5.74) is 0.787. The zero-order chi connectivity index (χ0) is 13.0. The highest BCUT2D eigenvalue weighted by atomic mass is 16.5. The van der Waals surface area contributed by atoms with Gasteiger partial charge < -0.3 is 9.84 Å². The zero-order valence-corrected chi connectivity index (χ0v) is 11.4. The van der Waals surface area contributed by atoms with Gasteiger partial charge in [-0.2, -0.15) is 0 Å². The molecule has 2 rings (SSSR count). The fraction of sp³-hybridized carbons (Fsp3) is 0.600. The van der Waals surface area contributed by atoms with Crippen molar-refractivity contribution in [3.63, 3.8) is 0 Å². The Labute approximate surface area is 109 Å². The molecule has 1 fully saturated rings. The summed E-state index contributed by atoms with van der Waals surface area (Å²) in [5, 5.41) is 9.86. The van der Waals surface area contributed by atoms with E-state index < -0.39 is 5.60 Å². The number of nitrogens with zero attached hydrogens (tertiary/aromatic N) is 1. The van der Waals surface area contributed by atoms with Crippen LogP contribution in [0.4, 0.5) is 0 Å². The van der Waals surface area contributed by atoms with E-state index in [1.807, 2.05) is 19.1 Å². The van der Waals surface area contributed by atoms with Gasteiger partial charge in [0.05, 0.1) is 5.60 Å². The van der Waals surface area contributed by atoms with E-state index in [0.717, 1.165) is 38.2 Å². The van der Waals surface area contributed by atoms with Gasteiger partial charge in [0, 0.05) is 19.6 Å². The lowest BCUT2D eigenvalue weighted by Gasteiger charge is -2.35. The van der Waals surface area contributed by atoms with Crippen LogP contribution in [0.15, 0.2) is 24.3 Å². The quantitative estimate of drug-likeness (QED) is 0.888. The SMILES string of the molecule is Cc1ccc(OCCN2CCC(C)(O)CC2)cc1. The van der Waals surface area contributed by atoms with Crippen molar-refractivity contribution < 1.29 is 9.84 Å². The van der Waals surface area contributed by atoms with E-state index in [1.165, 1.54) is 5.56 Å². The molecule has 100 valence electrons. The lowest BCUT2D eigenvalue weighted by molar-refractivity contribution is -0.00768. The summed E-state index contributed by atoms with van der Waals surface area (Å²) in [6, 6.07) is 8.15. The van der Waals surface area contributed by atoms with E-state index >= 15 is 0 Å². The second kappa shape index (κ2) is 5.72. The minimum atomic E-state index is -0.464. The monoisotopic (exact) mass is 249 g/mol. The van der Waals surface area contributed by atoms with E-state index in [-0.39, 0.29) is 0 Å². The number of aryl methyl sites for hydroxylation is 1. The summed E-state index contributed by atoms with van der Waals surface area (Å²) in [4.78, 5) is 2.35. The van der Waals surface area contributed by atoms with Crippen LogP contribution in [-0.2, 0) is 0 Å². The van der Waals surface area contributed by atoms with Crippen LogP contribution in [0.2, 0.25) is 0 Å². The van der Waals surface area contributed by atoms with Gasteiger partial charge in [-0.15, -0.1) is 0 Å². The van der Waals surface area contributed by atoms with Crippen LogP contribution in [0, 0.1) is 6.92 Å². The van der Waals surface area contributed by atoms with Gasteiger partial charge in [0.1, 0.15) is 12.4 Å². The van der Waals surface area contributed by atoms with Crippen LogP contribution in [0.1, 0.15) is 25.3 Å². The van der Waals surface area contributed by atoms with Crippen LogP contribution >= 0.6 is 0 Å². The number of ether oxygens (including phenoxy) is 1. The molecule has 0 unspecified atom stereocenters. The molecule has 0 saturated carbocycles. The molecule has 0 radical (unpaired) electrons. The molecule has 1 aromatic carbocycles. The number of hydrogen-bond donors (Lipinski definition) is 1. The largest absolute Gasteiger partial charge is 0.492 e. The predicted molar refractivity (Wildman–Crippen MR) is 73.0 cm³/mol.